The second kappa shape index (κ2) is 6.39. The summed E-state index contributed by atoms with van der Waals surface area (Å²) in [5.41, 5.74) is 0.140. The van der Waals surface area contributed by atoms with Crippen molar-refractivity contribution >= 4 is 23.4 Å². The number of esters is 1. The Kier molecular flexibility index (Phi) is 4.81. The number of anilines is 1. The monoisotopic (exact) mass is 295 g/mol. The Morgan fingerprint density at radius 2 is 2.15 bits per heavy atom. The fraction of sp³-hybridized carbons (Fsp3) is 0.533. The summed E-state index contributed by atoms with van der Waals surface area (Å²) >= 11 is 1.80. The summed E-state index contributed by atoms with van der Waals surface area (Å²) in [5.74, 6) is 1.61. The predicted octanol–water partition coefficient (Wildman–Crippen LogP) is 2.93. The van der Waals surface area contributed by atoms with E-state index < -0.39 is 5.54 Å². The number of rotatable bonds is 4. The maximum Gasteiger partial charge on any atom is 0.332 e. The predicted molar refractivity (Wildman–Crippen MR) is 82.5 cm³/mol. The Labute approximate surface area is 124 Å². The highest BCUT2D eigenvalue weighted by Crippen LogP contribution is 2.39. The highest BCUT2D eigenvalue weighted by molar-refractivity contribution is 8.00. The van der Waals surface area contributed by atoms with Crippen LogP contribution >= 0.6 is 11.8 Å². The van der Waals surface area contributed by atoms with Gasteiger partial charge in [0.15, 0.2) is 0 Å². The summed E-state index contributed by atoms with van der Waals surface area (Å²) in [4.78, 5) is 12.4. The van der Waals surface area contributed by atoms with Crippen molar-refractivity contribution in [3.63, 3.8) is 0 Å². The Bertz CT molecular complexity index is 480. The summed E-state index contributed by atoms with van der Waals surface area (Å²) in [5, 5.41) is 3.54. The first-order valence-electron chi connectivity index (χ1n) is 6.75. The second-order valence-electron chi connectivity index (χ2n) is 4.90. The van der Waals surface area contributed by atoms with Gasteiger partial charge < -0.3 is 14.8 Å². The van der Waals surface area contributed by atoms with Crippen molar-refractivity contribution in [2.24, 2.45) is 0 Å². The number of carbonyl (C=O) groups is 1. The van der Waals surface area contributed by atoms with E-state index in [1.54, 1.807) is 18.9 Å². The van der Waals surface area contributed by atoms with Crippen LogP contribution in [0.5, 0.6) is 5.75 Å². The molecule has 1 aliphatic heterocycles. The van der Waals surface area contributed by atoms with Crippen molar-refractivity contribution in [2.75, 3.05) is 25.3 Å². The van der Waals surface area contributed by atoms with E-state index in [9.17, 15) is 4.79 Å². The van der Waals surface area contributed by atoms with Crippen LogP contribution in [0.3, 0.4) is 0 Å². The lowest BCUT2D eigenvalue weighted by Gasteiger charge is -2.41. The zero-order chi connectivity index (χ0) is 14.6. The molecule has 4 nitrogen and oxygen atoms in total. The zero-order valence-corrected chi connectivity index (χ0v) is 13.0. The third-order valence-corrected chi connectivity index (χ3v) is 5.22. The zero-order valence-electron chi connectivity index (χ0n) is 12.1. The summed E-state index contributed by atoms with van der Waals surface area (Å²) < 4.78 is 10.4. The number of hydrogen-bond donors (Lipinski definition) is 1. The molecule has 1 aromatic carbocycles. The molecule has 110 valence electrons. The van der Waals surface area contributed by atoms with E-state index >= 15 is 0 Å². The maximum atomic E-state index is 12.4. The van der Waals surface area contributed by atoms with Gasteiger partial charge in [0.2, 0.25) is 0 Å². The molecule has 2 rings (SSSR count). The summed E-state index contributed by atoms with van der Waals surface area (Å²) in [6, 6.07) is 7.65. The van der Waals surface area contributed by atoms with Gasteiger partial charge >= 0.3 is 5.97 Å². The topological polar surface area (TPSA) is 47.6 Å². The van der Waals surface area contributed by atoms with Gasteiger partial charge in [-0.1, -0.05) is 19.1 Å². The van der Waals surface area contributed by atoms with Gasteiger partial charge in [0.1, 0.15) is 11.3 Å². The van der Waals surface area contributed by atoms with Crippen molar-refractivity contribution in [3.05, 3.63) is 24.3 Å². The van der Waals surface area contributed by atoms with Gasteiger partial charge in [0.25, 0.3) is 0 Å². The molecule has 1 aromatic rings. The quantitative estimate of drug-likeness (QED) is 0.865. The highest BCUT2D eigenvalue weighted by Gasteiger charge is 2.47. The van der Waals surface area contributed by atoms with Gasteiger partial charge in [-0.25, -0.2) is 4.79 Å². The number of thioether (sulfide) groups is 1. The van der Waals surface area contributed by atoms with Crippen molar-refractivity contribution in [1.29, 1.82) is 0 Å². The normalized spacial score (nSPS) is 25.9. The molecule has 0 amide bonds. The van der Waals surface area contributed by atoms with Gasteiger partial charge in [-0.3, -0.25) is 0 Å². The smallest absolute Gasteiger partial charge is 0.332 e. The highest BCUT2D eigenvalue weighted by atomic mass is 32.2. The number of ether oxygens (including phenoxy) is 2. The number of benzene rings is 1. The number of nitrogens with one attached hydrogen (secondary N) is 1. The Morgan fingerprint density at radius 3 is 2.80 bits per heavy atom. The van der Waals surface area contributed by atoms with Crippen LogP contribution in [0, 0.1) is 0 Å². The number of carbonyl (C=O) groups excluding carboxylic acids is 1. The number of methoxy groups -OCH3 is 2. The molecule has 2 unspecified atom stereocenters. The summed E-state index contributed by atoms with van der Waals surface area (Å²) in [6.07, 6.45) is 1.76. The molecule has 0 radical (unpaired) electrons. The number of hydrogen-bond acceptors (Lipinski definition) is 5. The fourth-order valence-corrected chi connectivity index (χ4v) is 3.83. The lowest BCUT2D eigenvalue weighted by molar-refractivity contribution is -0.146. The van der Waals surface area contributed by atoms with Crippen LogP contribution < -0.4 is 10.1 Å². The van der Waals surface area contributed by atoms with Gasteiger partial charge in [0, 0.05) is 5.25 Å². The van der Waals surface area contributed by atoms with E-state index in [0.29, 0.717) is 0 Å². The molecule has 5 heteroatoms. The minimum atomic E-state index is -0.688. The summed E-state index contributed by atoms with van der Waals surface area (Å²) in [7, 11) is 3.07. The molecule has 0 bridgehead atoms. The molecule has 1 N–H and O–H groups in total. The lowest BCUT2D eigenvalue weighted by Crippen LogP contribution is -2.55. The molecule has 1 fully saturated rings. The van der Waals surface area contributed by atoms with Crippen molar-refractivity contribution in [1.82, 2.24) is 0 Å². The Balaban J connectivity index is 2.35. The SMILES string of the molecule is COC(=O)C1(Nc2ccccc2OC)CCCSC1C. The third-order valence-electron chi connectivity index (χ3n) is 3.79. The van der Waals surface area contributed by atoms with E-state index in [2.05, 4.69) is 12.2 Å². The molecule has 0 aliphatic carbocycles. The average molecular weight is 295 g/mol. The van der Waals surface area contributed by atoms with Gasteiger partial charge in [0.05, 0.1) is 19.9 Å². The fourth-order valence-electron chi connectivity index (χ4n) is 2.61. The van der Waals surface area contributed by atoms with Crippen LogP contribution in [-0.4, -0.2) is 36.7 Å². The van der Waals surface area contributed by atoms with Crippen LogP contribution in [-0.2, 0) is 9.53 Å². The molecular formula is C15H21NO3S. The molecule has 20 heavy (non-hydrogen) atoms. The molecule has 2 atom stereocenters. The summed E-state index contributed by atoms with van der Waals surface area (Å²) in [6.45, 7) is 2.07. The number of para-hydroxylation sites is 2. The third kappa shape index (κ3) is 2.73. The van der Waals surface area contributed by atoms with E-state index in [1.165, 1.54) is 7.11 Å². The molecular weight excluding hydrogens is 274 g/mol. The average Bonchev–Trinajstić information content (AvgIpc) is 2.49. The molecule has 0 saturated carbocycles. The molecule has 1 saturated heterocycles. The minimum absolute atomic E-state index is 0.147. The minimum Gasteiger partial charge on any atom is -0.495 e. The van der Waals surface area contributed by atoms with Crippen LogP contribution in [0.2, 0.25) is 0 Å². The first-order chi connectivity index (χ1) is 9.64. The molecule has 1 heterocycles. The van der Waals surface area contributed by atoms with Gasteiger partial charge in [-0.05, 0) is 30.7 Å². The van der Waals surface area contributed by atoms with Crippen LogP contribution in [0.4, 0.5) is 5.69 Å². The van der Waals surface area contributed by atoms with Gasteiger partial charge in [-0.15, -0.1) is 0 Å². The first-order valence-corrected chi connectivity index (χ1v) is 7.80. The van der Waals surface area contributed by atoms with Crippen LogP contribution in [0.1, 0.15) is 19.8 Å². The first kappa shape index (κ1) is 15.0. The van der Waals surface area contributed by atoms with Crippen molar-refractivity contribution < 1.29 is 14.3 Å². The molecule has 1 aliphatic rings. The van der Waals surface area contributed by atoms with E-state index in [4.69, 9.17) is 9.47 Å². The van der Waals surface area contributed by atoms with Crippen LogP contribution in [0.15, 0.2) is 24.3 Å². The van der Waals surface area contributed by atoms with E-state index in [1.807, 2.05) is 24.3 Å². The van der Waals surface area contributed by atoms with Crippen LogP contribution in [0.25, 0.3) is 0 Å². The second-order valence-corrected chi connectivity index (χ2v) is 6.35. The Morgan fingerprint density at radius 1 is 1.40 bits per heavy atom. The largest absolute Gasteiger partial charge is 0.495 e. The standard InChI is InChI=1S/C15H21NO3S/c1-11-15(14(17)19-3,9-6-10-20-11)16-12-7-4-5-8-13(12)18-2/h4-5,7-8,11,16H,6,9-10H2,1-3H3. The van der Waals surface area contributed by atoms with Crippen molar-refractivity contribution in [2.45, 2.75) is 30.6 Å². The maximum absolute atomic E-state index is 12.4. The molecule has 0 aromatic heterocycles. The van der Waals surface area contributed by atoms with E-state index in [0.717, 1.165) is 30.0 Å². The van der Waals surface area contributed by atoms with E-state index in [-0.39, 0.29) is 11.2 Å². The van der Waals surface area contributed by atoms with Crippen molar-refractivity contribution in [3.8, 4) is 5.75 Å². The molecule has 0 spiro atoms. The Hall–Kier alpha value is -1.36. The lowest BCUT2D eigenvalue weighted by atomic mass is 9.89. The van der Waals surface area contributed by atoms with Gasteiger partial charge in [-0.2, -0.15) is 11.8 Å².